The average molecular weight is 294 g/mol. The zero-order valence-electron chi connectivity index (χ0n) is 10.4. The number of halogens is 1. The molecular weight excluding hydrogens is 274 g/mol. The first kappa shape index (κ1) is 12.7. The summed E-state index contributed by atoms with van der Waals surface area (Å²) in [7, 11) is 0. The molecule has 2 heteroatoms. The van der Waals surface area contributed by atoms with Crippen molar-refractivity contribution in [2.45, 2.75) is 39.0 Å². The van der Waals surface area contributed by atoms with Gasteiger partial charge in [-0.25, -0.2) is 0 Å². The van der Waals surface area contributed by atoms with Gasteiger partial charge < -0.3 is 5.73 Å². The Kier molecular flexibility index (Phi) is 4.27. The number of fused-ring (bicyclic) bond motifs is 6. The normalized spacial score (nSPS) is 32.2. The molecule has 0 aromatic heterocycles. The van der Waals surface area contributed by atoms with E-state index in [2.05, 4.69) is 47.2 Å². The number of allylic oxidation sites excluding steroid dienone is 8. The smallest absolute Gasteiger partial charge is 0.00837 e. The van der Waals surface area contributed by atoms with E-state index in [0.717, 1.165) is 31.4 Å². The molecule has 3 rings (SSSR count). The van der Waals surface area contributed by atoms with E-state index < -0.39 is 0 Å². The van der Waals surface area contributed by atoms with Gasteiger partial charge in [-0.1, -0.05) is 39.7 Å². The largest absolute Gasteiger partial charge is 0.402 e. The summed E-state index contributed by atoms with van der Waals surface area (Å²) in [6.45, 7) is 2.19. The third-order valence-electron chi connectivity index (χ3n) is 3.53. The Labute approximate surface area is 112 Å². The predicted octanol–water partition coefficient (Wildman–Crippen LogP) is 4.57. The molecule has 0 fully saturated rings. The maximum absolute atomic E-state index is 6.01. The van der Waals surface area contributed by atoms with Crippen LogP contribution < -0.4 is 5.73 Å². The average Bonchev–Trinajstić information content (AvgIpc) is 2.31. The van der Waals surface area contributed by atoms with E-state index >= 15 is 0 Å². The molecule has 0 amide bonds. The second-order valence-electron chi connectivity index (χ2n) is 5.05. The molecule has 1 unspecified atom stereocenters. The van der Waals surface area contributed by atoms with Gasteiger partial charge in [0.15, 0.2) is 0 Å². The summed E-state index contributed by atoms with van der Waals surface area (Å²) in [5.74, 6) is 0.692. The molecule has 92 valence electrons. The van der Waals surface area contributed by atoms with Gasteiger partial charge >= 0.3 is 0 Å². The van der Waals surface area contributed by atoms with Gasteiger partial charge in [0.05, 0.1) is 0 Å². The van der Waals surface area contributed by atoms with Gasteiger partial charge in [-0.2, -0.15) is 0 Å². The molecule has 0 radical (unpaired) electrons. The van der Waals surface area contributed by atoms with Gasteiger partial charge in [0.1, 0.15) is 0 Å². The highest BCUT2D eigenvalue weighted by molar-refractivity contribution is 9.11. The maximum Gasteiger partial charge on any atom is 0.00837 e. The summed E-state index contributed by atoms with van der Waals surface area (Å²) in [6.07, 6.45) is 14.4. The van der Waals surface area contributed by atoms with Crippen LogP contribution in [-0.2, 0) is 0 Å². The summed E-state index contributed by atoms with van der Waals surface area (Å²) >= 11 is 3.72. The Balaban J connectivity index is 2.20. The molecule has 0 aliphatic heterocycles. The van der Waals surface area contributed by atoms with Crippen molar-refractivity contribution in [1.82, 2.24) is 0 Å². The van der Waals surface area contributed by atoms with Crippen molar-refractivity contribution in [1.29, 1.82) is 0 Å². The van der Waals surface area contributed by atoms with Crippen LogP contribution in [0.1, 0.15) is 39.0 Å². The molecule has 1 atom stereocenters. The highest BCUT2D eigenvalue weighted by atomic mass is 79.9. The SMILES string of the molecule is C/C1=C\C=C(/N)CCC2=C(Br)CC(C=C2)CC1. The summed E-state index contributed by atoms with van der Waals surface area (Å²) in [4.78, 5) is 0. The first-order valence-corrected chi connectivity index (χ1v) is 7.12. The number of hydrogen-bond acceptors (Lipinski definition) is 1. The second-order valence-corrected chi connectivity index (χ2v) is 6.00. The molecular formula is C15H20BrN. The van der Waals surface area contributed by atoms with Gasteiger partial charge in [0.2, 0.25) is 0 Å². The maximum atomic E-state index is 6.01. The third-order valence-corrected chi connectivity index (χ3v) is 4.37. The molecule has 0 aromatic carbocycles. The molecule has 0 saturated carbocycles. The van der Waals surface area contributed by atoms with E-state index in [9.17, 15) is 0 Å². The Bertz CT molecular complexity index is 413. The molecule has 2 N–H and O–H groups in total. The van der Waals surface area contributed by atoms with Crippen molar-refractivity contribution in [3.63, 3.8) is 0 Å². The molecule has 0 heterocycles. The Morgan fingerprint density at radius 3 is 2.82 bits per heavy atom. The zero-order chi connectivity index (χ0) is 12.3. The van der Waals surface area contributed by atoms with Gasteiger partial charge in [0.25, 0.3) is 0 Å². The molecule has 0 saturated heterocycles. The molecule has 0 spiro atoms. The van der Waals surface area contributed by atoms with Crippen LogP contribution >= 0.6 is 15.9 Å². The van der Waals surface area contributed by atoms with Crippen molar-refractivity contribution in [2.24, 2.45) is 11.7 Å². The Morgan fingerprint density at radius 2 is 2.06 bits per heavy atom. The van der Waals surface area contributed by atoms with Crippen LogP contribution in [0.25, 0.3) is 0 Å². The van der Waals surface area contributed by atoms with Crippen molar-refractivity contribution < 1.29 is 0 Å². The fourth-order valence-corrected chi connectivity index (χ4v) is 3.04. The summed E-state index contributed by atoms with van der Waals surface area (Å²) in [5.41, 5.74) is 9.83. The second kappa shape index (κ2) is 5.72. The van der Waals surface area contributed by atoms with E-state index in [1.807, 2.05) is 0 Å². The molecule has 2 bridgehead atoms. The van der Waals surface area contributed by atoms with Crippen LogP contribution in [0.15, 0.2) is 45.6 Å². The Morgan fingerprint density at radius 1 is 1.24 bits per heavy atom. The van der Waals surface area contributed by atoms with Gasteiger partial charge in [0, 0.05) is 5.70 Å². The monoisotopic (exact) mass is 293 g/mol. The fraction of sp³-hybridized carbons (Fsp3) is 0.467. The van der Waals surface area contributed by atoms with E-state index in [4.69, 9.17) is 5.73 Å². The van der Waals surface area contributed by atoms with Crippen molar-refractivity contribution in [3.8, 4) is 0 Å². The molecule has 1 nitrogen and oxygen atoms in total. The van der Waals surface area contributed by atoms with Gasteiger partial charge in [-0.3, -0.25) is 0 Å². The lowest BCUT2D eigenvalue weighted by atomic mass is 9.89. The lowest BCUT2D eigenvalue weighted by molar-refractivity contribution is 0.584. The summed E-state index contributed by atoms with van der Waals surface area (Å²) in [6, 6.07) is 0. The molecule has 0 aromatic rings. The van der Waals surface area contributed by atoms with Crippen molar-refractivity contribution in [2.75, 3.05) is 0 Å². The van der Waals surface area contributed by atoms with Crippen molar-refractivity contribution >= 4 is 15.9 Å². The van der Waals surface area contributed by atoms with Crippen LogP contribution in [0.3, 0.4) is 0 Å². The van der Waals surface area contributed by atoms with E-state index in [1.165, 1.54) is 22.0 Å². The topological polar surface area (TPSA) is 26.0 Å². The van der Waals surface area contributed by atoms with Crippen LogP contribution in [0.4, 0.5) is 0 Å². The van der Waals surface area contributed by atoms with Crippen LogP contribution in [0.5, 0.6) is 0 Å². The minimum absolute atomic E-state index is 0.692. The minimum Gasteiger partial charge on any atom is -0.402 e. The van der Waals surface area contributed by atoms with Crippen LogP contribution in [-0.4, -0.2) is 0 Å². The highest BCUT2D eigenvalue weighted by Crippen LogP contribution is 2.33. The predicted molar refractivity (Wildman–Crippen MR) is 77.7 cm³/mol. The number of hydrogen-bond donors (Lipinski definition) is 1. The number of rotatable bonds is 0. The van der Waals surface area contributed by atoms with Gasteiger partial charge in [-0.15, -0.1) is 0 Å². The van der Waals surface area contributed by atoms with Crippen LogP contribution in [0.2, 0.25) is 0 Å². The first-order chi connectivity index (χ1) is 8.15. The fourth-order valence-electron chi connectivity index (χ4n) is 2.30. The molecule has 3 aliphatic rings. The lowest BCUT2D eigenvalue weighted by Crippen LogP contribution is -2.05. The minimum atomic E-state index is 0.692. The van der Waals surface area contributed by atoms with E-state index in [0.29, 0.717) is 5.92 Å². The molecule has 17 heavy (non-hydrogen) atoms. The Hall–Kier alpha value is -0.760. The molecule has 3 aliphatic carbocycles. The lowest BCUT2D eigenvalue weighted by Gasteiger charge is -2.20. The summed E-state index contributed by atoms with van der Waals surface area (Å²) in [5, 5.41) is 0. The van der Waals surface area contributed by atoms with Crippen LogP contribution in [0, 0.1) is 5.92 Å². The van der Waals surface area contributed by atoms with Gasteiger partial charge in [-0.05, 0) is 61.1 Å². The van der Waals surface area contributed by atoms with Crippen molar-refractivity contribution in [3.05, 3.63) is 45.6 Å². The third kappa shape index (κ3) is 3.60. The van der Waals surface area contributed by atoms with E-state index in [-0.39, 0.29) is 0 Å². The first-order valence-electron chi connectivity index (χ1n) is 6.32. The van der Waals surface area contributed by atoms with E-state index in [1.54, 1.807) is 0 Å². The standard InChI is InChI=1S/C15H20BrN/c1-11-2-4-12-5-6-13(15(16)10-12)7-9-14(17)8-3-11/h3,5-6,8,12H,2,4,7,9-10,17H2,1H3/b11-3+,14-8-. The zero-order valence-corrected chi connectivity index (χ0v) is 12.0. The highest BCUT2D eigenvalue weighted by Gasteiger charge is 2.15. The summed E-state index contributed by atoms with van der Waals surface area (Å²) < 4.78 is 1.38. The number of nitrogens with two attached hydrogens (primary N) is 1. The quantitative estimate of drug-likeness (QED) is 0.695.